The van der Waals surface area contributed by atoms with Gasteiger partial charge >= 0.3 is 6.09 Å². The molecule has 1 saturated heterocycles. The number of halogens is 2. The molecule has 0 bridgehead atoms. The lowest BCUT2D eigenvalue weighted by Gasteiger charge is -2.39. The molecule has 1 aromatic heterocycles. The Labute approximate surface area is 192 Å². The van der Waals surface area contributed by atoms with E-state index in [1.807, 2.05) is 29.5 Å². The van der Waals surface area contributed by atoms with Crippen molar-refractivity contribution in [1.82, 2.24) is 15.5 Å². The minimum Gasteiger partial charge on any atom is -0.444 e. The standard InChI is InChI=1S/C18H25ClIN3O5S/c1-11-9-27-8-7-23(11)15(25)18(20,22-16(26)28-17(2,3)4)10-21-14(24)12-5-6-13(19)29-12/h5-6,11H,7-10H2,1-4H3,(H,21,24)(H,22,26)/t11?,18-/m1/s1. The van der Waals surface area contributed by atoms with Crippen LogP contribution in [0.2, 0.25) is 4.34 Å². The van der Waals surface area contributed by atoms with Gasteiger partial charge in [-0.15, -0.1) is 11.3 Å². The number of ether oxygens (including phenoxy) is 2. The number of nitrogens with one attached hydrogen (secondary N) is 2. The highest BCUT2D eigenvalue weighted by Crippen LogP contribution is 2.24. The number of hydrogen-bond donors (Lipinski definition) is 2. The number of alkyl carbamates (subject to hydrolysis) is 1. The van der Waals surface area contributed by atoms with Crippen LogP contribution in [0, 0.1) is 0 Å². The van der Waals surface area contributed by atoms with Crippen LogP contribution >= 0.6 is 45.5 Å². The number of alkyl halides is 1. The first-order valence-corrected chi connectivity index (χ1v) is 11.3. The van der Waals surface area contributed by atoms with Gasteiger partial charge in [0.15, 0.2) is 3.55 Å². The molecular formula is C18H25ClIN3O5S. The van der Waals surface area contributed by atoms with E-state index in [1.165, 1.54) is 0 Å². The smallest absolute Gasteiger partial charge is 0.409 e. The van der Waals surface area contributed by atoms with Gasteiger partial charge in [-0.05, 0) is 62.4 Å². The summed E-state index contributed by atoms with van der Waals surface area (Å²) >= 11 is 8.87. The fourth-order valence-electron chi connectivity index (χ4n) is 2.62. The number of hydrogen-bond acceptors (Lipinski definition) is 6. The molecular weight excluding hydrogens is 533 g/mol. The summed E-state index contributed by atoms with van der Waals surface area (Å²) in [6, 6.07) is 3.07. The summed E-state index contributed by atoms with van der Waals surface area (Å²) in [6.45, 7) is 8.16. The molecule has 1 fully saturated rings. The minimum atomic E-state index is -1.43. The summed E-state index contributed by atoms with van der Waals surface area (Å²) in [4.78, 5) is 40.2. The molecule has 162 valence electrons. The molecule has 2 rings (SSSR count). The van der Waals surface area contributed by atoms with E-state index in [1.54, 1.807) is 37.8 Å². The molecule has 0 aliphatic carbocycles. The van der Waals surface area contributed by atoms with Crippen molar-refractivity contribution >= 4 is 63.4 Å². The van der Waals surface area contributed by atoms with E-state index in [9.17, 15) is 14.4 Å². The number of morpholine rings is 1. The number of carbonyl (C=O) groups excluding carboxylic acids is 3. The molecule has 1 aromatic rings. The molecule has 1 aliphatic rings. The number of amides is 3. The van der Waals surface area contributed by atoms with Gasteiger partial charge < -0.3 is 19.7 Å². The normalized spacial score (nSPS) is 19.2. The predicted molar refractivity (Wildman–Crippen MR) is 120 cm³/mol. The highest BCUT2D eigenvalue weighted by molar-refractivity contribution is 14.1. The fourth-order valence-corrected chi connectivity index (χ4v) is 4.30. The lowest BCUT2D eigenvalue weighted by atomic mass is 10.1. The molecule has 0 spiro atoms. The average Bonchev–Trinajstić information content (AvgIpc) is 3.04. The Bertz CT molecular complexity index is 769. The van der Waals surface area contributed by atoms with E-state index in [0.717, 1.165) is 11.3 Å². The third-order valence-electron chi connectivity index (χ3n) is 3.96. The summed E-state index contributed by atoms with van der Waals surface area (Å²) in [6.07, 6.45) is -0.741. The van der Waals surface area contributed by atoms with Crippen molar-refractivity contribution in [1.29, 1.82) is 0 Å². The second kappa shape index (κ2) is 9.80. The van der Waals surface area contributed by atoms with Crippen LogP contribution in [-0.2, 0) is 14.3 Å². The molecule has 0 aromatic carbocycles. The molecule has 2 atom stereocenters. The zero-order chi connectivity index (χ0) is 21.8. The number of carbonyl (C=O) groups is 3. The van der Waals surface area contributed by atoms with E-state index in [0.29, 0.717) is 29.0 Å². The molecule has 11 heteroatoms. The molecule has 0 radical (unpaired) electrons. The van der Waals surface area contributed by atoms with E-state index < -0.39 is 15.2 Å². The first-order valence-electron chi connectivity index (χ1n) is 9.04. The van der Waals surface area contributed by atoms with Gasteiger partial charge in [-0.3, -0.25) is 14.9 Å². The van der Waals surface area contributed by atoms with Gasteiger partial charge in [0.1, 0.15) is 5.60 Å². The molecule has 8 nitrogen and oxygen atoms in total. The molecule has 1 unspecified atom stereocenters. The fraction of sp³-hybridized carbons (Fsp3) is 0.611. The van der Waals surface area contributed by atoms with Gasteiger partial charge in [0, 0.05) is 6.54 Å². The zero-order valence-corrected chi connectivity index (χ0v) is 20.4. The second-order valence-corrected chi connectivity index (χ2v) is 11.2. The summed E-state index contributed by atoms with van der Waals surface area (Å²) < 4.78 is 9.76. The van der Waals surface area contributed by atoms with Crippen molar-refractivity contribution in [3.8, 4) is 0 Å². The van der Waals surface area contributed by atoms with Crippen LogP contribution in [0.3, 0.4) is 0 Å². The van der Waals surface area contributed by atoms with Crippen LogP contribution in [0.4, 0.5) is 4.79 Å². The summed E-state index contributed by atoms with van der Waals surface area (Å²) in [5.74, 6) is -0.707. The number of rotatable bonds is 5. The Hall–Kier alpha value is -1.11. The monoisotopic (exact) mass is 557 g/mol. The minimum absolute atomic E-state index is 0.121. The lowest BCUT2D eigenvalue weighted by Crippen LogP contribution is -2.64. The topological polar surface area (TPSA) is 97.0 Å². The zero-order valence-electron chi connectivity index (χ0n) is 16.7. The highest BCUT2D eigenvalue weighted by atomic mass is 127. The summed E-state index contributed by atoms with van der Waals surface area (Å²) in [5.41, 5.74) is -0.728. The van der Waals surface area contributed by atoms with Gasteiger partial charge in [0.2, 0.25) is 0 Å². The third-order valence-corrected chi connectivity index (χ3v) is 6.30. The van der Waals surface area contributed by atoms with Crippen LogP contribution in [0.5, 0.6) is 0 Å². The van der Waals surface area contributed by atoms with Crippen molar-refractivity contribution in [3.63, 3.8) is 0 Å². The van der Waals surface area contributed by atoms with Crippen LogP contribution < -0.4 is 10.6 Å². The first kappa shape index (κ1) is 24.2. The van der Waals surface area contributed by atoms with E-state index in [2.05, 4.69) is 10.6 Å². The van der Waals surface area contributed by atoms with Crippen LogP contribution in [0.1, 0.15) is 37.4 Å². The molecule has 3 amide bonds. The van der Waals surface area contributed by atoms with Gasteiger partial charge in [-0.2, -0.15) is 0 Å². The van der Waals surface area contributed by atoms with E-state index in [-0.39, 0.29) is 24.4 Å². The van der Waals surface area contributed by atoms with Crippen LogP contribution in [-0.4, -0.2) is 64.3 Å². The molecule has 2 N–H and O–H groups in total. The maximum atomic E-state index is 13.3. The van der Waals surface area contributed by atoms with E-state index >= 15 is 0 Å². The summed E-state index contributed by atoms with van der Waals surface area (Å²) in [7, 11) is 0. The SMILES string of the molecule is CC1COCCN1C(=O)[C@@](I)(CNC(=O)c1ccc(Cl)s1)NC(=O)OC(C)(C)C. The maximum Gasteiger partial charge on any atom is 0.409 e. The predicted octanol–water partition coefficient (Wildman–Crippen LogP) is 3.03. The Morgan fingerprint density at radius 1 is 1.38 bits per heavy atom. The molecule has 2 heterocycles. The first-order chi connectivity index (χ1) is 13.4. The maximum absolute atomic E-state index is 13.3. The number of thiophene rings is 1. The number of nitrogens with zero attached hydrogens (tertiary/aromatic N) is 1. The molecule has 29 heavy (non-hydrogen) atoms. The highest BCUT2D eigenvalue weighted by Gasteiger charge is 2.43. The largest absolute Gasteiger partial charge is 0.444 e. The Morgan fingerprint density at radius 2 is 2.07 bits per heavy atom. The van der Waals surface area contributed by atoms with Gasteiger partial charge in [-0.25, -0.2) is 4.79 Å². The summed E-state index contributed by atoms with van der Waals surface area (Å²) in [5, 5.41) is 5.35. The quantitative estimate of drug-likeness (QED) is 0.330. The Kier molecular flexibility index (Phi) is 8.16. The third kappa shape index (κ3) is 6.97. The van der Waals surface area contributed by atoms with Crippen LogP contribution in [0.15, 0.2) is 12.1 Å². The van der Waals surface area contributed by atoms with Crippen molar-refractivity contribution in [2.24, 2.45) is 0 Å². The Morgan fingerprint density at radius 3 is 2.62 bits per heavy atom. The van der Waals surface area contributed by atoms with Gasteiger partial charge in [0.25, 0.3) is 11.8 Å². The molecule has 0 saturated carbocycles. The van der Waals surface area contributed by atoms with Crippen LogP contribution in [0.25, 0.3) is 0 Å². The average molecular weight is 558 g/mol. The lowest BCUT2D eigenvalue weighted by molar-refractivity contribution is -0.141. The van der Waals surface area contributed by atoms with Gasteiger partial charge in [0.05, 0.1) is 35.0 Å². The second-order valence-electron chi connectivity index (χ2n) is 7.64. The van der Waals surface area contributed by atoms with Crippen molar-refractivity contribution in [3.05, 3.63) is 21.3 Å². The van der Waals surface area contributed by atoms with E-state index in [4.69, 9.17) is 21.1 Å². The van der Waals surface area contributed by atoms with Crippen molar-refractivity contribution < 1.29 is 23.9 Å². The van der Waals surface area contributed by atoms with Gasteiger partial charge in [-0.1, -0.05) is 11.6 Å². The van der Waals surface area contributed by atoms with Crippen molar-refractivity contribution in [2.45, 2.75) is 42.9 Å². The Balaban J connectivity index is 2.17. The molecule has 1 aliphatic heterocycles. The van der Waals surface area contributed by atoms with Crippen molar-refractivity contribution in [2.75, 3.05) is 26.3 Å².